The van der Waals surface area contributed by atoms with E-state index in [0.29, 0.717) is 0 Å². The van der Waals surface area contributed by atoms with E-state index in [9.17, 15) is 19.2 Å². The van der Waals surface area contributed by atoms with Crippen LogP contribution in [0.15, 0.2) is 16.5 Å². The summed E-state index contributed by atoms with van der Waals surface area (Å²) in [5, 5.41) is -1.16. The van der Waals surface area contributed by atoms with Crippen molar-refractivity contribution in [2.24, 2.45) is 0 Å². The average Bonchev–Trinajstić information content (AvgIpc) is 3.19. The van der Waals surface area contributed by atoms with Crippen molar-refractivity contribution in [1.29, 1.82) is 0 Å². The summed E-state index contributed by atoms with van der Waals surface area (Å²) in [4.78, 5) is 50.2. The minimum Gasteiger partial charge on any atom is -0.453 e. The lowest BCUT2D eigenvalue weighted by atomic mass is 9.84. The lowest BCUT2D eigenvalue weighted by Crippen LogP contribution is -2.21. The van der Waals surface area contributed by atoms with Gasteiger partial charge < -0.3 is 13.9 Å². The highest BCUT2D eigenvalue weighted by Crippen LogP contribution is 2.51. The molecule has 0 aliphatic heterocycles. The summed E-state index contributed by atoms with van der Waals surface area (Å²) in [5.74, 6) is -3.68. The number of halogens is 6. The van der Waals surface area contributed by atoms with Crippen molar-refractivity contribution in [2.75, 3.05) is 0 Å². The number of ketones is 2. The predicted octanol–water partition coefficient (Wildman–Crippen LogP) is 6.16. The van der Waals surface area contributed by atoms with E-state index in [1.807, 2.05) is 0 Å². The van der Waals surface area contributed by atoms with Gasteiger partial charge in [-0.15, -0.1) is 0 Å². The van der Waals surface area contributed by atoms with Gasteiger partial charge in [-0.3, -0.25) is 19.2 Å². The van der Waals surface area contributed by atoms with Crippen LogP contribution in [0.3, 0.4) is 0 Å². The molecule has 0 amide bonds. The van der Waals surface area contributed by atoms with E-state index in [-0.39, 0.29) is 75.8 Å². The molecule has 5 rings (SSSR count). The maximum absolute atomic E-state index is 13.3. The Morgan fingerprint density at radius 1 is 0.595 bits per heavy atom. The fourth-order valence-corrected chi connectivity index (χ4v) is 5.90. The third-order valence-corrected chi connectivity index (χ3v) is 7.37. The highest BCUT2D eigenvalue weighted by Gasteiger charge is 2.41. The summed E-state index contributed by atoms with van der Waals surface area (Å²) in [7, 11) is 0. The minimum absolute atomic E-state index is 0.0295. The summed E-state index contributed by atoms with van der Waals surface area (Å²) in [6.45, 7) is 2.25. The highest BCUT2D eigenvalue weighted by atomic mass is 35.5. The van der Waals surface area contributed by atoms with Crippen molar-refractivity contribution in [3.05, 3.63) is 54.2 Å². The number of hydrogen-bond acceptors (Lipinski definition) is 7. The fraction of sp³-hybridized carbons (Fsp3) is 0.0833. The molecule has 0 unspecified atom stereocenters. The van der Waals surface area contributed by atoms with Crippen LogP contribution in [-0.2, 0) is 9.59 Å². The molecule has 0 fully saturated rings. The highest BCUT2D eigenvalue weighted by molar-refractivity contribution is 6.66. The second-order valence-electron chi connectivity index (χ2n) is 7.82. The summed E-state index contributed by atoms with van der Waals surface area (Å²) in [5.41, 5.74) is -0.434. The number of furan rings is 1. The van der Waals surface area contributed by atoms with Gasteiger partial charge in [-0.2, -0.15) is 0 Å². The fourth-order valence-electron chi connectivity index (χ4n) is 4.25. The van der Waals surface area contributed by atoms with Crippen molar-refractivity contribution in [2.45, 2.75) is 13.8 Å². The first kappa shape index (κ1) is 26.1. The Morgan fingerprint density at radius 2 is 0.946 bits per heavy atom. The zero-order chi connectivity index (χ0) is 27.1. The van der Waals surface area contributed by atoms with E-state index in [0.717, 1.165) is 13.8 Å². The van der Waals surface area contributed by atoms with E-state index in [2.05, 4.69) is 0 Å². The first-order chi connectivity index (χ1) is 17.3. The number of esters is 2. The Bertz CT molecular complexity index is 1660. The first-order valence-electron chi connectivity index (χ1n) is 10.1. The molecule has 3 aromatic rings. The molecule has 7 nitrogen and oxygen atoms in total. The van der Waals surface area contributed by atoms with Crippen molar-refractivity contribution < 1.29 is 33.1 Å². The normalized spacial score (nSPS) is 13.6. The Morgan fingerprint density at radius 3 is 1.27 bits per heavy atom. The van der Waals surface area contributed by atoms with Gasteiger partial charge in [-0.1, -0.05) is 69.6 Å². The number of hydrogen-bond donors (Lipinski definition) is 0. The Hall–Kier alpha value is -2.52. The SMILES string of the molecule is CC(=O)Oc1c(Cl)cc(Cl)c2c1C(=O)C(Cl)=c1oc3c(c1-2)-c1c(Cl)cc(Cl)c(OC(C)=O)c1C(=O)C=3Cl. The third kappa shape index (κ3) is 3.80. The molecule has 0 radical (unpaired) electrons. The van der Waals surface area contributed by atoms with Crippen LogP contribution >= 0.6 is 69.6 Å². The Balaban J connectivity index is 2.02. The van der Waals surface area contributed by atoms with Gasteiger partial charge in [0, 0.05) is 36.1 Å². The molecule has 0 saturated carbocycles. The number of fused-ring (bicyclic) bond motifs is 7. The van der Waals surface area contributed by atoms with Gasteiger partial charge in [0.2, 0.25) is 11.6 Å². The summed E-state index contributed by atoms with van der Waals surface area (Å²) in [6.07, 6.45) is 0. The van der Waals surface area contributed by atoms with Gasteiger partial charge >= 0.3 is 11.9 Å². The lowest BCUT2D eigenvalue weighted by Gasteiger charge is -2.22. The number of rotatable bonds is 2. The van der Waals surface area contributed by atoms with Gasteiger partial charge in [0.25, 0.3) is 0 Å². The minimum atomic E-state index is -0.804. The topological polar surface area (TPSA) is 99.9 Å². The second-order valence-corrected chi connectivity index (χ2v) is 10.2. The van der Waals surface area contributed by atoms with Crippen LogP contribution in [0.1, 0.15) is 34.6 Å². The zero-order valence-corrected chi connectivity index (χ0v) is 22.8. The number of ether oxygens (including phenoxy) is 2. The standard InChI is InChI=1S/C24H8Cl6O7/c1-5(31)35-21-9(27)3-7(25)11-13-14-12-8(26)4-10(28)22(36-6(2)32)16(12)20(34)18(30)24(14)37-23(13)17(29)19(33)15(11)21/h3-4H,1-2H3. The molecular formula is C24H8Cl6O7. The lowest BCUT2D eigenvalue weighted by molar-refractivity contribution is -0.132. The number of benzene rings is 2. The Kier molecular flexibility index (Phi) is 6.38. The van der Waals surface area contributed by atoms with Gasteiger partial charge in [0.1, 0.15) is 10.1 Å². The molecule has 1 aromatic heterocycles. The molecular weight excluding hydrogens is 613 g/mol. The quantitative estimate of drug-likeness (QED) is 0.250. The molecule has 2 aliphatic rings. The Labute approximate surface area is 237 Å². The van der Waals surface area contributed by atoms with E-state index < -0.39 is 33.6 Å². The molecule has 0 spiro atoms. The molecule has 1 heterocycles. The number of Topliss-reactive ketones (excluding diaryl/α,β-unsaturated/α-hetero) is 2. The van der Waals surface area contributed by atoms with Crippen LogP contribution in [0.5, 0.6) is 11.5 Å². The summed E-state index contributed by atoms with van der Waals surface area (Å²) < 4.78 is 16.3. The third-order valence-electron chi connectivity index (χ3n) is 5.52. The van der Waals surface area contributed by atoms with Crippen LogP contribution in [-0.4, -0.2) is 23.5 Å². The smallest absolute Gasteiger partial charge is 0.308 e. The van der Waals surface area contributed by atoms with E-state index in [1.54, 1.807) is 0 Å². The van der Waals surface area contributed by atoms with E-state index in [1.165, 1.54) is 12.1 Å². The molecule has 0 N–H and O–H groups in total. The van der Waals surface area contributed by atoms with Crippen LogP contribution < -0.4 is 20.3 Å². The van der Waals surface area contributed by atoms with Crippen molar-refractivity contribution in [1.82, 2.24) is 0 Å². The van der Waals surface area contributed by atoms with Gasteiger partial charge in [0.05, 0.1) is 31.2 Å². The van der Waals surface area contributed by atoms with Crippen LogP contribution in [0, 0.1) is 0 Å². The molecule has 37 heavy (non-hydrogen) atoms. The van der Waals surface area contributed by atoms with E-state index >= 15 is 0 Å². The van der Waals surface area contributed by atoms with E-state index in [4.69, 9.17) is 83.5 Å². The first-order valence-corrected chi connectivity index (χ1v) is 12.3. The van der Waals surface area contributed by atoms with Gasteiger partial charge in [0.15, 0.2) is 22.3 Å². The monoisotopic (exact) mass is 618 g/mol. The van der Waals surface area contributed by atoms with Crippen molar-refractivity contribution in [3.63, 3.8) is 0 Å². The van der Waals surface area contributed by atoms with Gasteiger partial charge in [-0.25, -0.2) is 0 Å². The van der Waals surface area contributed by atoms with Crippen molar-refractivity contribution >= 4 is 103 Å². The van der Waals surface area contributed by atoms with Gasteiger partial charge in [-0.05, 0) is 12.1 Å². The molecule has 0 bridgehead atoms. The second kappa shape index (κ2) is 9.05. The van der Waals surface area contributed by atoms with Crippen LogP contribution in [0.2, 0.25) is 20.1 Å². The number of carbonyl (C=O) groups is 4. The summed E-state index contributed by atoms with van der Waals surface area (Å²) >= 11 is 38.5. The molecule has 188 valence electrons. The number of carbonyl (C=O) groups excluding carboxylic acids is 4. The molecule has 0 atom stereocenters. The zero-order valence-electron chi connectivity index (χ0n) is 18.3. The molecule has 13 heteroatoms. The molecule has 2 aromatic carbocycles. The predicted molar refractivity (Wildman–Crippen MR) is 139 cm³/mol. The largest absolute Gasteiger partial charge is 0.453 e. The molecule has 0 saturated heterocycles. The average molecular weight is 621 g/mol. The maximum atomic E-state index is 13.3. The summed E-state index contributed by atoms with van der Waals surface area (Å²) in [6, 6.07) is 2.54. The molecule has 2 aliphatic carbocycles. The maximum Gasteiger partial charge on any atom is 0.308 e. The van der Waals surface area contributed by atoms with Crippen molar-refractivity contribution in [3.8, 4) is 33.8 Å². The van der Waals surface area contributed by atoms with Crippen LogP contribution in [0.25, 0.3) is 32.3 Å². The van der Waals surface area contributed by atoms with Crippen LogP contribution in [0.4, 0.5) is 0 Å².